The van der Waals surface area contributed by atoms with Gasteiger partial charge in [-0.15, -0.1) is 0 Å². The average molecular weight is 448 g/mol. The summed E-state index contributed by atoms with van der Waals surface area (Å²) >= 11 is 0. The minimum atomic E-state index is -2.56. The largest absolute Gasteiger partial charge is 0.305 e. The van der Waals surface area contributed by atoms with Gasteiger partial charge in [0.05, 0.1) is 5.52 Å². The molecule has 1 amide bonds. The summed E-state index contributed by atoms with van der Waals surface area (Å²) in [6.45, 7) is 1.31. The molecular weight excluding hydrogens is 426 g/mol. The number of alkyl halides is 2. The minimum absolute atomic E-state index is 0.110. The van der Waals surface area contributed by atoms with E-state index in [1.807, 2.05) is 29.2 Å². The lowest BCUT2D eigenvalue weighted by atomic mass is 10.0. The second-order valence-electron chi connectivity index (χ2n) is 8.22. The average Bonchev–Trinajstić information content (AvgIpc) is 3.25. The Bertz CT molecular complexity index is 1280. The van der Waals surface area contributed by atoms with Crippen molar-refractivity contribution >= 4 is 22.6 Å². The van der Waals surface area contributed by atoms with Crippen molar-refractivity contribution in [3.8, 4) is 11.1 Å². The number of amides is 1. The van der Waals surface area contributed by atoms with Crippen molar-refractivity contribution in [1.29, 1.82) is 0 Å². The lowest BCUT2D eigenvalue weighted by Gasteiger charge is -2.31. The van der Waals surface area contributed by atoms with Crippen LogP contribution in [-0.4, -0.2) is 50.0 Å². The number of likely N-dealkylation sites (tertiary alicyclic amines) is 1. The molecule has 1 fully saturated rings. The molecule has 0 bridgehead atoms. The number of nitrogens with one attached hydrogen (secondary N) is 2. The van der Waals surface area contributed by atoms with Gasteiger partial charge < -0.3 is 5.32 Å². The molecule has 0 saturated carbocycles. The van der Waals surface area contributed by atoms with Gasteiger partial charge in [0.25, 0.3) is 11.8 Å². The smallest absolute Gasteiger partial charge is 0.277 e. The third-order valence-electron chi connectivity index (χ3n) is 5.81. The summed E-state index contributed by atoms with van der Waals surface area (Å²) in [6.07, 6.45) is 4.90. The molecule has 1 aliphatic rings. The van der Waals surface area contributed by atoms with Gasteiger partial charge in [-0.05, 0) is 41.5 Å². The summed E-state index contributed by atoms with van der Waals surface area (Å²) in [6, 6.07) is 13.0. The second-order valence-corrected chi connectivity index (χ2v) is 8.22. The molecule has 0 unspecified atom stereocenters. The Kier molecular flexibility index (Phi) is 5.55. The summed E-state index contributed by atoms with van der Waals surface area (Å²) in [5.41, 5.74) is 3.74. The molecule has 0 radical (unpaired) electrons. The van der Waals surface area contributed by atoms with Gasteiger partial charge >= 0.3 is 0 Å². The number of carbonyl (C=O) groups excluding carboxylic acids is 1. The fourth-order valence-electron chi connectivity index (χ4n) is 4.01. The quantitative estimate of drug-likeness (QED) is 0.469. The molecule has 4 heterocycles. The second kappa shape index (κ2) is 8.67. The Hall–Kier alpha value is -3.72. The molecule has 4 aromatic rings. The number of carbonyl (C=O) groups is 1. The van der Waals surface area contributed by atoms with E-state index in [1.54, 1.807) is 36.8 Å². The number of benzene rings is 1. The molecule has 3 aromatic heterocycles. The van der Waals surface area contributed by atoms with Crippen molar-refractivity contribution in [1.82, 2.24) is 25.1 Å². The van der Waals surface area contributed by atoms with E-state index in [0.29, 0.717) is 30.8 Å². The van der Waals surface area contributed by atoms with Crippen LogP contribution in [0.2, 0.25) is 0 Å². The number of nitrogens with zero attached hydrogens (tertiary/aromatic N) is 4. The first-order valence-corrected chi connectivity index (χ1v) is 10.7. The van der Waals surface area contributed by atoms with E-state index < -0.39 is 5.92 Å². The molecule has 0 spiro atoms. The number of halogens is 2. The Balaban J connectivity index is 1.37. The van der Waals surface area contributed by atoms with E-state index in [1.165, 1.54) is 0 Å². The molecular formula is C24H22F2N6O. The van der Waals surface area contributed by atoms with Gasteiger partial charge in [0.2, 0.25) is 0 Å². The van der Waals surface area contributed by atoms with Gasteiger partial charge in [-0.3, -0.25) is 19.8 Å². The molecule has 7 nitrogen and oxygen atoms in total. The Morgan fingerprint density at radius 3 is 2.73 bits per heavy atom. The number of fused-ring (bicyclic) bond motifs is 1. The van der Waals surface area contributed by atoms with Crippen molar-refractivity contribution < 1.29 is 13.6 Å². The molecule has 1 aliphatic heterocycles. The van der Waals surface area contributed by atoms with E-state index in [2.05, 4.69) is 25.5 Å². The van der Waals surface area contributed by atoms with Gasteiger partial charge in [0.1, 0.15) is 5.82 Å². The SMILES string of the molecule is O=C(Nc1ccccn1)c1n[nH]c2ccc(-c3cncc(CN4CCC(F)(F)CC4)c3)cc12. The standard InChI is InChI=1S/C24H22F2N6O/c25-24(26)6-9-32(10-7-24)15-16-11-18(14-27-13-16)17-4-5-20-19(12-17)22(31-30-20)23(33)29-21-3-1-2-8-28-21/h1-5,8,11-14H,6-7,9-10,15H2,(H,30,31)(H,28,29,33). The van der Waals surface area contributed by atoms with Crippen LogP contribution in [0.5, 0.6) is 0 Å². The third-order valence-corrected chi connectivity index (χ3v) is 5.81. The normalized spacial score (nSPS) is 16.1. The van der Waals surface area contributed by atoms with Crippen molar-refractivity contribution in [2.75, 3.05) is 18.4 Å². The third kappa shape index (κ3) is 4.73. The van der Waals surface area contributed by atoms with Crippen LogP contribution in [-0.2, 0) is 6.54 Å². The van der Waals surface area contributed by atoms with E-state index in [9.17, 15) is 13.6 Å². The number of aromatic amines is 1. The number of anilines is 1. The van der Waals surface area contributed by atoms with E-state index in [-0.39, 0.29) is 24.4 Å². The zero-order valence-electron chi connectivity index (χ0n) is 17.8. The first-order chi connectivity index (χ1) is 16.0. The molecule has 9 heteroatoms. The molecule has 33 heavy (non-hydrogen) atoms. The number of aromatic nitrogens is 4. The highest BCUT2D eigenvalue weighted by Gasteiger charge is 2.33. The van der Waals surface area contributed by atoms with Crippen molar-refractivity contribution in [3.63, 3.8) is 0 Å². The highest BCUT2D eigenvalue weighted by molar-refractivity contribution is 6.11. The van der Waals surface area contributed by atoms with Crippen molar-refractivity contribution in [3.05, 3.63) is 72.3 Å². The summed E-state index contributed by atoms with van der Waals surface area (Å²) in [5.74, 6) is -2.47. The number of H-pyrrole nitrogens is 1. The number of hydrogen-bond acceptors (Lipinski definition) is 5. The first kappa shape index (κ1) is 21.1. The minimum Gasteiger partial charge on any atom is -0.305 e. The van der Waals surface area contributed by atoms with Crippen LogP contribution in [0.1, 0.15) is 28.9 Å². The van der Waals surface area contributed by atoms with Crippen molar-refractivity contribution in [2.24, 2.45) is 0 Å². The van der Waals surface area contributed by atoms with Crippen LogP contribution >= 0.6 is 0 Å². The van der Waals surface area contributed by atoms with E-state index in [4.69, 9.17) is 0 Å². The van der Waals surface area contributed by atoms with Crippen LogP contribution in [0.25, 0.3) is 22.0 Å². The fraction of sp³-hybridized carbons (Fsp3) is 0.250. The number of pyridine rings is 2. The van der Waals surface area contributed by atoms with Gasteiger partial charge in [-0.1, -0.05) is 12.1 Å². The Morgan fingerprint density at radius 1 is 1.09 bits per heavy atom. The maximum absolute atomic E-state index is 13.4. The van der Waals surface area contributed by atoms with Gasteiger partial charge in [-0.25, -0.2) is 13.8 Å². The molecule has 168 valence electrons. The summed E-state index contributed by atoms with van der Waals surface area (Å²) < 4.78 is 26.9. The lowest BCUT2D eigenvalue weighted by molar-refractivity contribution is -0.0566. The predicted molar refractivity (Wildman–Crippen MR) is 121 cm³/mol. The van der Waals surface area contributed by atoms with Crippen LogP contribution in [0.4, 0.5) is 14.6 Å². The maximum Gasteiger partial charge on any atom is 0.277 e. The van der Waals surface area contributed by atoms with Crippen LogP contribution < -0.4 is 5.32 Å². The monoisotopic (exact) mass is 448 g/mol. The lowest BCUT2D eigenvalue weighted by Crippen LogP contribution is -2.38. The fourth-order valence-corrected chi connectivity index (χ4v) is 4.01. The molecule has 5 rings (SSSR count). The molecule has 1 saturated heterocycles. The zero-order chi connectivity index (χ0) is 22.8. The van der Waals surface area contributed by atoms with Crippen molar-refractivity contribution in [2.45, 2.75) is 25.3 Å². The number of piperidine rings is 1. The molecule has 0 aliphatic carbocycles. The van der Waals surface area contributed by atoms with Crippen LogP contribution in [0.15, 0.2) is 61.1 Å². The highest BCUT2D eigenvalue weighted by atomic mass is 19.3. The Morgan fingerprint density at radius 2 is 1.94 bits per heavy atom. The number of rotatable bonds is 5. The summed E-state index contributed by atoms with van der Waals surface area (Å²) in [5, 5.41) is 10.5. The molecule has 1 aromatic carbocycles. The van der Waals surface area contributed by atoms with E-state index in [0.717, 1.165) is 22.2 Å². The summed E-state index contributed by atoms with van der Waals surface area (Å²) in [7, 11) is 0. The highest BCUT2D eigenvalue weighted by Crippen LogP contribution is 2.29. The summed E-state index contributed by atoms with van der Waals surface area (Å²) in [4.78, 5) is 23.2. The van der Waals surface area contributed by atoms with Gasteiger partial charge in [0.15, 0.2) is 5.69 Å². The number of hydrogen-bond donors (Lipinski definition) is 2. The Labute approximate surface area is 188 Å². The molecule has 0 atom stereocenters. The molecule has 2 N–H and O–H groups in total. The topological polar surface area (TPSA) is 86.8 Å². The maximum atomic E-state index is 13.4. The van der Waals surface area contributed by atoms with Gasteiger partial charge in [0, 0.05) is 62.0 Å². The van der Waals surface area contributed by atoms with Crippen LogP contribution in [0.3, 0.4) is 0 Å². The first-order valence-electron chi connectivity index (χ1n) is 10.7. The van der Waals surface area contributed by atoms with Gasteiger partial charge in [-0.2, -0.15) is 5.10 Å². The predicted octanol–water partition coefficient (Wildman–Crippen LogP) is 4.50. The zero-order valence-corrected chi connectivity index (χ0v) is 17.8. The van der Waals surface area contributed by atoms with Crippen LogP contribution in [0, 0.1) is 0 Å². The van der Waals surface area contributed by atoms with E-state index >= 15 is 0 Å².